The quantitative estimate of drug-likeness (QED) is 0.787. The molecule has 0 saturated carbocycles. The van der Waals surface area contributed by atoms with Gasteiger partial charge in [0.25, 0.3) is 0 Å². The first kappa shape index (κ1) is 15.4. The molecule has 1 aliphatic heterocycles. The monoisotopic (exact) mass is 345 g/mol. The molecule has 1 N–H and O–H groups in total. The number of morpholine rings is 1. The van der Waals surface area contributed by atoms with Gasteiger partial charge in [0.05, 0.1) is 36.8 Å². The average Bonchev–Trinajstić information content (AvgIpc) is 3.28. The Hall–Kier alpha value is -2.16. The summed E-state index contributed by atoms with van der Waals surface area (Å²) in [6.07, 6.45) is 1.78. The van der Waals surface area contributed by atoms with E-state index in [2.05, 4.69) is 24.5 Å². The number of nitrogens with one attached hydrogen (secondary N) is 1. The van der Waals surface area contributed by atoms with Crippen molar-refractivity contribution in [2.45, 2.75) is 12.6 Å². The third-order valence-electron chi connectivity index (χ3n) is 4.08. The summed E-state index contributed by atoms with van der Waals surface area (Å²) in [4.78, 5) is 10.1. The zero-order valence-electron chi connectivity index (χ0n) is 12.9. The number of aromatic amines is 1. The first-order valence-corrected chi connectivity index (χ1v) is 8.52. The lowest BCUT2D eigenvalue weighted by Gasteiger charge is -2.33. The predicted octanol–water partition coefficient (Wildman–Crippen LogP) is 2.64. The molecule has 3 aromatic rings. The van der Waals surface area contributed by atoms with Crippen molar-refractivity contribution in [3.8, 4) is 11.3 Å². The summed E-state index contributed by atoms with van der Waals surface area (Å²) in [7, 11) is 0. The van der Waals surface area contributed by atoms with E-state index in [9.17, 15) is 4.39 Å². The van der Waals surface area contributed by atoms with Crippen LogP contribution in [0.1, 0.15) is 17.6 Å². The summed E-state index contributed by atoms with van der Waals surface area (Å²) < 4.78 is 22.6. The lowest BCUT2D eigenvalue weighted by Crippen LogP contribution is -2.39. The largest absolute Gasteiger partial charge is 0.378 e. The van der Waals surface area contributed by atoms with Crippen LogP contribution >= 0.6 is 11.5 Å². The number of hydrogen-bond donors (Lipinski definition) is 1. The molecule has 4 rings (SSSR count). The second kappa shape index (κ2) is 6.76. The Labute approximate surface area is 142 Å². The van der Waals surface area contributed by atoms with E-state index in [0.29, 0.717) is 13.2 Å². The molecule has 3 heterocycles. The zero-order chi connectivity index (χ0) is 16.4. The van der Waals surface area contributed by atoms with Crippen LogP contribution in [0.3, 0.4) is 0 Å². The molecule has 0 bridgehead atoms. The maximum Gasteiger partial charge on any atom is 0.126 e. The summed E-state index contributed by atoms with van der Waals surface area (Å²) in [6, 6.07) is 6.41. The predicted molar refractivity (Wildman–Crippen MR) is 87.9 cm³/mol. The van der Waals surface area contributed by atoms with E-state index in [0.717, 1.165) is 35.9 Å². The van der Waals surface area contributed by atoms with E-state index < -0.39 is 0 Å². The maximum absolute atomic E-state index is 13.1. The van der Waals surface area contributed by atoms with E-state index in [1.165, 1.54) is 23.7 Å². The topological polar surface area (TPSA) is 66.9 Å². The molecule has 8 heteroatoms. The Morgan fingerprint density at radius 1 is 1.33 bits per heavy atom. The van der Waals surface area contributed by atoms with Crippen LogP contribution in [0.15, 0.2) is 35.8 Å². The Morgan fingerprint density at radius 2 is 2.21 bits per heavy atom. The third-order valence-corrected chi connectivity index (χ3v) is 4.63. The number of imidazole rings is 1. The van der Waals surface area contributed by atoms with E-state index in [1.54, 1.807) is 18.3 Å². The highest BCUT2D eigenvalue weighted by atomic mass is 32.1. The summed E-state index contributed by atoms with van der Waals surface area (Å²) in [5.41, 5.74) is 2.73. The molecule has 1 aliphatic rings. The summed E-state index contributed by atoms with van der Waals surface area (Å²) in [5, 5.41) is 6.08. The van der Waals surface area contributed by atoms with Gasteiger partial charge in [0.15, 0.2) is 0 Å². The molecule has 0 radical (unpaired) electrons. The third kappa shape index (κ3) is 3.21. The number of benzene rings is 1. The molecule has 1 atom stereocenters. The molecule has 1 fully saturated rings. The number of hydrogen-bond acceptors (Lipinski definition) is 6. The van der Waals surface area contributed by atoms with Gasteiger partial charge in [0.1, 0.15) is 11.6 Å². The van der Waals surface area contributed by atoms with Crippen LogP contribution in [0, 0.1) is 5.82 Å². The number of aromatic nitrogens is 4. The van der Waals surface area contributed by atoms with Crippen LogP contribution in [0.25, 0.3) is 11.3 Å². The molecule has 1 saturated heterocycles. The Balaban J connectivity index is 1.56. The van der Waals surface area contributed by atoms with Crippen LogP contribution in [0.2, 0.25) is 0 Å². The highest BCUT2D eigenvalue weighted by Crippen LogP contribution is 2.26. The van der Waals surface area contributed by atoms with Gasteiger partial charge in [-0.25, -0.2) is 9.37 Å². The van der Waals surface area contributed by atoms with Gasteiger partial charge in [0.2, 0.25) is 0 Å². The number of nitrogens with zero attached hydrogens (tertiary/aromatic N) is 4. The van der Waals surface area contributed by atoms with Crippen LogP contribution in [0.5, 0.6) is 0 Å². The van der Waals surface area contributed by atoms with Gasteiger partial charge in [-0.05, 0) is 41.4 Å². The van der Waals surface area contributed by atoms with Gasteiger partial charge in [-0.3, -0.25) is 4.90 Å². The fraction of sp³-hybridized carbons (Fsp3) is 0.312. The van der Waals surface area contributed by atoms with Crippen molar-refractivity contribution in [3.63, 3.8) is 0 Å². The standard InChI is InChI=1S/C16H16FN5OS/c17-12-3-1-11(2-4-12)14-7-18-16(19-14)15-9-23-6-5-22(15)8-13-10-24-21-20-13/h1-4,7,10,15H,5-6,8-9H2,(H,18,19). The zero-order valence-corrected chi connectivity index (χ0v) is 13.7. The van der Waals surface area contributed by atoms with Crippen molar-refractivity contribution in [1.82, 2.24) is 24.5 Å². The smallest absolute Gasteiger partial charge is 0.126 e. The fourth-order valence-corrected chi connectivity index (χ4v) is 3.26. The minimum atomic E-state index is -0.248. The van der Waals surface area contributed by atoms with Crippen molar-refractivity contribution in [1.29, 1.82) is 0 Å². The minimum Gasteiger partial charge on any atom is -0.378 e. The van der Waals surface area contributed by atoms with Crippen molar-refractivity contribution < 1.29 is 9.13 Å². The molecule has 1 aromatic carbocycles. The van der Waals surface area contributed by atoms with E-state index in [4.69, 9.17) is 4.74 Å². The molecule has 0 amide bonds. The second-order valence-electron chi connectivity index (χ2n) is 5.65. The molecule has 0 aliphatic carbocycles. The summed E-state index contributed by atoms with van der Waals surface area (Å²) >= 11 is 1.35. The lowest BCUT2D eigenvalue weighted by molar-refractivity contribution is -0.0161. The average molecular weight is 345 g/mol. The number of rotatable bonds is 4. The molecule has 24 heavy (non-hydrogen) atoms. The molecule has 1 unspecified atom stereocenters. The van der Waals surface area contributed by atoms with Gasteiger partial charge >= 0.3 is 0 Å². The Morgan fingerprint density at radius 3 is 3.00 bits per heavy atom. The fourth-order valence-electron chi connectivity index (χ4n) is 2.82. The van der Waals surface area contributed by atoms with Gasteiger partial charge in [0, 0.05) is 18.5 Å². The maximum atomic E-state index is 13.1. The first-order valence-electron chi connectivity index (χ1n) is 7.68. The molecule has 6 nitrogen and oxygen atoms in total. The summed E-state index contributed by atoms with van der Waals surface area (Å²) in [5.74, 6) is 0.597. The first-order chi connectivity index (χ1) is 11.8. The van der Waals surface area contributed by atoms with Gasteiger partial charge in [-0.2, -0.15) is 0 Å². The van der Waals surface area contributed by atoms with E-state index >= 15 is 0 Å². The number of H-pyrrole nitrogens is 1. The highest BCUT2D eigenvalue weighted by molar-refractivity contribution is 7.03. The molecule has 124 valence electrons. The molecule has 2 aromatic heterocycles. The van der Waals surface area contributed by atoms with Crippen molar-refractivity contribution in [3.05, 3.63) is 53.2 Å². The Bertz CT molecular complexity index is 789. The normalized spacial score (nSPS) is 18.8. The summed E-state index contributed by atoms with van der Waals surface area (Å²) in [6.45, 7) is 2.80. The highest BCUT2D eigenvalue weighted by Gasteiger charge is 2.27. The minimum absolute atomic E-state index is 0.0367. The Kier molecular flexibility index (Phi) is 4.33. The molecular formula is C16H16FN5OS. The van der Waals surface area contributed by atoms with Gasteiger partial charge < -0.3 is 9.72 Å². The lowest BCUT2D eigenvalue weighted by atomic mass is 10.1. The molecular weight excluding hydrogens is 329 g/mol. The van der Waals surface area contributed by atoms with E-state index in [1.807, 2.05) is 5.38 Å². The molecule has 0 spiro atoms. The van der Waals surface area contributed by atoms with Crippen LogP contribution in [-0.4, -0.2) is 44.2 Å². The van der Waals surface area contributed by atoms with Crippen molar-refractivity contribution >= 4 is 11.5 Å². The van der Waals surface area contributed by atoms with Gasteiger partial charge in [-0.15, -0.1) is 5.10 Å². The van der Waals surface area contributed by atoms with Gasteiger partial charge in [-0.1, -0.05) is 4.49 Å². The van der Waals surface area contributed by atoms with Crippen molar-refractivity contribution in [2.75, 3.05) is 19.8 Å². The van der Waals surface area contributed by atoms with E-state index in [-0.39, 0.29) is 11.9 Å². The number of halogens is 1. The van der Waals surface area contributed by atoms with Crippen LogP contribution in [-0.2, 0) is 11.3 Å². The van der Waals surface area contributed by atoms with Crippen LogP contribution in [0.4, 0.5) is 4.39 Å². The SMILES string of the molecule is Fc1ccc(-c2cnc(C3COCCN3Cc3csnn3)[nH]2)cc1. The second-order valence-corrected chi connectivity index (χ2v) is 6.26. The van der Waals surface area contributed by atoms with Crippen molar-refractivity contribution in [2.24, 2.45) is 0 Å². The number of ether oxygens (including phenoxy) is 1. The van der Waals surface area contributed by atoms with Crippen LogP contribution < -0.4 is 0 Å².